The zero-order valence-electron chi connectivity index (χ0n) is 11.2. The van der Waals surface area contributed by atoms with E-state index in [0.29, 0.717) is 6.54 Å². The molecule has 1 saturated heterocycles. The van der Waals surface area contributed by atoms with Crippen LogP contribution in [0, 0.1) is 5.92 Å². The summed E-state index contributed by atoms with van der Waals surface area (Å²) in [5.74, 6) is -0.910. The Morgan fingerprint density at radius 1 is 1.22 bits per heavy atom. The molecule has 1 fully saturated rings. The van der Waals surface area contributed by atoms with Gasteiger partial charge in [0.25, 0.3) is 0 Å². The first kappa shape index (κ1) is 13.1. The number of nitrogens with one attached hydrogen (secondary N) is 1. The Labute approximate surface area is 108 Å². The third-order valence-corrected chi connectivity index (χ3v) is 3.74. The monoisotopic (exact) mass is 247 g/mol. The SMILES string of the molecule is CC(C)(C)c1ccc([C@H]2CNC[C@@H]2C(=O)O)cc1. The summed E-state index contributed by atoms with van der Waals surface area (Å²) in [6, 6.07) is 8.39. The van der Waals surface area contributed by atoms with Crippen LogP contribution in [0.5, 0.6) is 0 Å². The molecule has 0 spiro atoms. The minimum atomic E-state index is -0.704. The van der Waals surface area contributed by atoms with Gasteiger partial charge in [-0.25, -0.2) is 0 Å². The molecule has 0 aliphatic carbocycles. The number of benzene rings is 1. The van der Waals surface area contributed by atoms with Gasteiger partial charge in [0.05, 0.1) is 5.92 Å². The molecule has 2 rings (SSSR count). The maximum atomic E-state index is 11.2. The van der Waals surface area contributed by atoms with Gasteiger partial charge in [-0.3, -0.25) is 4.79 Å². The van der Waals surface area contributed by atoms with Gasteiger partial charge in [0.1, 0.15) is 0 Å². The van der Waals surface area contributed by atoms with Crippen molar-refractivity contribution in [3.05, 3.63) is 35.4 Å². The molecule has 1 heterocycles. The minimum absolute atomic E-state index is 0.0940. The predicted octanol–water partition coefficient (Wildman–Crippen LogP) is 2.37. The zero-order valence-corrected chi connectivity index (χ0v) is 11.2. The van der Waals surface area contributed by atoms with Crippen LogP contribution in [0.15, 0.2) is 24.3 Å². The number of rotatable bonds is 2. The summed E-state index contributed by atoms with van der Waals surface area (Å²) in [6.45, 7) is 7.87. The Bertz CT molecular complexity index is 431. The van der Waals surface area contributed by atoms with Crippen LogP contribution in [0.3, 0.4) is 0 Å². The van der Waals surface area contributed by atoms with E-state index in [1.54, 1.807) is 0 Å². The molecule has 0 radical (unpaired) electrons. The summed E-state index contributed by atoms with van der Waals surface area (Å²) in [6.07, 6.45) is 0. The average Bonchev–Trinajstić information content (AvgIpc) is 2.77. The number of carboxylic acids is 1. The average molecular weight is 247 g/mol. The summed E-state index contributed by atoms with van der Waals surface area (Å²) in [5.41, 5.74) is 2.54. The summed E-state index contributed by atoms with van der Waals surface area (Å²) in [5, 5.41) is 12.4. The molecule has 2 N–H and O–H groups in total. The number of carbonyl (C=O) groups is 1. The standard InChI is InChI=1S/C15H21NO2/c1-15(2,3)11-6-4-10(5-7-11)12-8-16-9-13(12)14(17)18/h4-7,12-13,16H,8-9H2,1-3H3,(H,17,18)/t12-,13+/m1/s1. The van der Waals surface area contributed by atoms with Crippen LogP contribution in [0.4, 0.5) is 0 Å². The summed E-state index contributed by atoms with van der Waals surface area (Å²) in [7, 11) is 0. The van der Waals surface area contributed by atoms with Crippen LogP contribution in [-0.4, -0.2) is 24.2 Å². The highest BCUT2D eigenvalue weighted by molar-refractivity contribution is 5.72. The van der Waals surface area contributed by atoms with E-state index in [4.69, 9.17) is 0 Å². The second kappa shape index (κ2) is 4.73. The van der Waals surface area contributed by atoms with Gasteiger partial charge in [-0.2, -0.15) is 0 Å². The Morgan fingerprint density at radius 2 is 1.83 bits per heavy atom. The van der Waals surface area contributed by atoms with E-state index in [2.05, 4.69) is 50.4 Å². The van der Waals surface area contributed by atoms with Crippen LogP contribution in [0.1, 0.15) is 37.8 Å². The van der Waals surface area contributed by atoms with Crippen LogP contribution >= 0.6 is 0 Å². The number of hydrogen-bond acceptors (Lipinski definition) is 2. The van der Waals surface area contributed by atoms with Crippen molar-refractivity contribution in [1.82, 2.24) is 5.32 Å². The van der Waals surface area contributed by atoms with Crippen LogP contribution < -0.4 is 5.32 Å². The maximum absolute atomic E-state index is 11.2. The molecule has 1 aromatic rings. The molecule has 98 valence electrons. The molecule has 0 unspecified atom stereocenters. The molecule has 1 aliphatic rings. The van der Waals surface area contributed by atoms with Crippen molar-refractivity contribution < 1.29 is 9.90 Å². The normalized spacial score (nSPS) is 24.2. The van der Waals surface area contributed by atoms with Crippen molar-refractivity contribution in [3.8, 4) is 0 Å². The molecule has 2 atom stereocenters. The molecule has 0 saturated carbocycles. The maximum Gasteiger partial charge on any atom is 0.308 e. The lowest BCUT2D eigenvalue weighted by atomic mass is 9.84. The van der Waals surface area contributed by atoms with Crippen molar-refractivity contribution in [3.63, 3.8) is 0 Å². The Balaban J connectivity index is 2.22. The molecule has 18 heavy (non-hydrogen) atoms. The first-order valence-electron chi connectivity index (χ1n) is 6.43. The van der Waals surface area contributed by atoms with Crippen molar-refractivity contribution in [2.45, 2.75) is 32.1 Å². The van der Waals surface area contributed by atoms with Gasteiger partial charge in [-0.15, -0.1) is 0 Å². The molecule has 0 aromatic heterocycles. The van der Waals surface area contributed by atoms with Crippen molar-refractivity contribution in [2.75, 3.05) is 13.1 Å². The van der Waals surface area contributed by atoms with Crippen LogP contribution in [0.2, 0.25) is 0 Å². The highest BCUT2D eigenvalue weighted by Gasteiger charge is 2.33. The van der Waals surface area contributed by atoms with E-state index in [9.17, 15) is 9.90 Å². The van der Waals surface area contributed by atoms with E-state index in [1.165, 1.54) is 5.56 Å². The molecule has 1 aromatic carbocycles. The van der Waals surface area contributed by atoms with Crippen LogP contribution in [-0.2, 0) is 10.2 Å². The number of hydrogen-bond donors (Lipinski definition) is 2. The van der Waals surface area contributed by atoms with E-state index in [0.717, 1.165) is 12.1 Å². The number of aliphatic carboxylic acids is 1. The predicted molar refractivity (Wildman–Crippen MR) is 71.9 cm³/mol. The fourth-order valence-corrected chi connectivity index (χ4v) is 2.52. The quantitative estimate of drug-likeness (QED) is 0.843. The van der Waals surface area contributed by atoms with Gasteiger partial charge in [0.15, 0.2) is 0 Å². The lowest BCUT2D eigenvalue weighted by Gasteiger charge is -2.21. The Hall–Kier alpha value is -1.35. The summed E-state index contributed by atoms with van der Waals surface area (Å²) >= 11 is 0. The Morgan fingerprint density at radius 3 is 2.33 bits per heavy atom. The highest BCUT2D eigenvalue weighted by Crippen LogP contribution is 2.30. The molecule has 0 bridgehead atoms. The van der Waals surface area contributed by atoms with Gasteiger partial charge in [0.2, 0.25) is 0 Å². The number of carboxylic acid groups (broad SMARTS) is 1. The van der Waals surface area contributed by atoms with Gasteiger partial charge in [-0.1, -0.05) is 45.0 Å². The summed E-state index contributed by atoms with van der Waals surface area (Å²) in [4.78, 5) is 11.2. The van der Waals surface area contributed by atoms with Gasteiger partial charge >= 0.3 is 5.97 Å². The third-order valence-electron chi connectivity index (χ3n) is 3.74. The van der Waals surface area contributed by atoms with Gasteiger partial charge in [0, 0.05) is 19.0 Å². The van der Waals surface area contributed by atoms with E-state index in [1.807, 2.05) is 0 Å². The lowest BCUT2D eigenvalue weighted by molar-refractivity contribution is -0.141. The van der Waals surface area contributed by atoms with Gasteiger partial charge < -0.3 is 10.4 Å². The first-order valence-corrected chi connectivity index (χ1v) is 6.43. The molecular weight excluding hydrogens is 226 g/mol. The topological polar surface area (TPSA) is 49.3 Å². The fraction of sp³-hybridized carbons (Fsp3) is 0.533. The molecule has 3 heteroatoms. The zero-order chi connectivity index (χ0) is 13.3. The van der Waals surface area contributed by atoms with Crippen LogP contribution in [0.25, 0.3) is 0 Å². The minimum Gasteiger partial charge on any atom is -0.481 e. The van der Waals surface area contributed by atoms with Crippen molar-refractivity contribution in [2.24, 2.45) is 5.92 Å². The fourth-order valence-electron chi connectivity index (χ4n) is 2.52. The van der Waals surface area contributed by atoms with Crippen molar-refractivity contribution >= 4 is 5.97 Å². The molecule has 0 amide bonds. The van der Waals surface area contributed by atoms with Crippen molar-refractivity contribution in [1.29, 1.82) is 0 Å². The molecular formula is C15H21NO2. The van der Waals surface area contributed by atoms with E-state index >= 15 is 0 Å². The molecule has 1 aliphatic heterocycles. The largest absolute Gasteiger partial charge is 0.481 e. The second-order valence-electron chi connectivity index (χ2n) is 6.08. The highest BCUT2D eigenvalue weighted by atomic mass is 16.4. The second-order valence-corrected chi connectivity index (χ2v) is 6.08. The smallest absolute Gasteiger partial charge is 0.308 e. The molecule has 3 nitrogen and oxygen atoms in total. The lowest BCUT2D eigenvalue weighted by Crippen LogP contribution is -2.21. The van der Waals surface area contributed by atoms with E-state index in [-0.39, 0.29) is 17.3 Å². The Kier molecular flexibility index (Phi) is 3.44. The van der Waals surface area contributed by atoms with E-state index < -0.39 is 5.97 Å². The first-order chi connectivity index (χ1) is 8.39. The third kappa shape index (κ3) is 2.56. The summed E-state index contributed by atoms with van der Waals surface area (Å²) < 4.78 is 0. The van der Waals surface area contributed by atoms with Gasteiger partial charge in [-0.05, 0) is 16.5 Å².